The van der Waals surface area contributed by atoms with Crippen LogP contribution in [0.3, 0.4) is 0 Å². The average Bonchev–Trinajstić information content (AvgIpc) is 2.14. The molecule has 2 fully saturated rings. The van der Waals surface area contributed by atoms with Crippen LogP contribution >= 0.6 is 0 Å². The summed E-state index contributed by atoms with van der Waals surface area (Å²) >= 11 is 0. The second-order valence-electron chi connectivity index (χ2n) is 6.38. The molecule has 0 aromatic carbocycles. The molecule has 16 heavy (non-hydrogen) atoms. The van der Waals surface area contributed by atoms with E-state index in [0.29, 0.717) is 36.7 Å². The zero-order valence-corrected chi connectivity index (χ0v) is 10.4. The van der Waals surface area contributed by atoms with Gasteiger partial charge in [-0.25, -0.2) is 0 Å². The molecule has 0 amide bonds. The third-order valence-electron chi connectivity index (χ3n) is 4.14. The maximum atomic E-state index is 12.2. The van der Waals surface area contributed by atoms with Crippen LogP contribution in [0.15, 0.2) is 0 Å². The molecule has 2 aliphatic carbocycles. The Hall–Kier alpha value is -0.660. The van der Waals surface area contributed by atoms with Crippen molar-refractivity contribution in [2.45, 2.75) is 58.8 Å². The van der Waals surface area contributed by atoms with Gasteiger partial charge in [0.25, 0.3) is 0 Å². The van der Waals surface area contributed by atoms with Crippen LogP contribution < -0.4 is 0 Å². The normalized spacial score (nSPS) is 35.1. The van der Waals surface area contributed by atoms with Crippen molar-refractivity contribution in [1.29, 1.82) is 0 Å². The fourth-order valence-electron chi connectivity index (χ4n) is 3.44. The smallest absolute Gasteiger partial charge is 0.136 e. The minimum absolute atomic E-state index is 0.115. The van der Waals surface area contributed by atoms with Crippen molar-refractivity contribution in [2.24, 2.45) is 17.3 Å². The number of ketones is 2. The number of rotatable bonds is 0. The van der Waals surface area contributed by atoms with Gasteiger partial charge in [0, 0.05) is 25.2 Å². The number of fused-ring (bicyclic) bond motifs is 1. The van der Waals surface area contributed by atoms with Crippen molar-refractivity contribution in [3.8, 4) is 0 Å². The first-order valence-corrected chi connectivity index (χ1v) is 6.52. The second kappa shape index (κ2) is 4.31. The lowest BCUT2D eigenvalue weighted by Gasteiger charge is -2.36. The lowest BCUT2D eigenvalue weighted by Crippen LogP contribution is -2.36. The molecule has 0 bridgehead atoms. The van der Waals surface area contributed by atoms with Crippen molar-refractivity contribution in [2.75, 3.05) is 0 Å². The molecule has 0 aromatic rings. The second-order valence-corrected chi connectivity index (χ2v) is 6.38. The van der Waals surface area contributed by atoms with Gasteiger partial charge in [-0.2, -0.15) is 0 Å². The number of Topliss-reactive ketones (excluding diaryl/α,β-unsaturated/α-hetero) is 2. The van der Waals surface area contributed by atoms with Gasteiger partial charge in [0.1, 0.15) is 11.6 Å². The Balaban J connectivity index is 2.17. The fraction of sp³-hybridized carbons (Fsp3) is 0.857. The molecule has 0 heterocycles. The monoisotopic (exact) mass is 222 g/mol. The highest BCUT2D eigenvalue weighted by atomic mass is 16.1. The van der Waals surface area contributed by atoms with Crippen molar-refractivity contribution in [3.63, 3.8) is 0 Å². The van der Waals surface area contributed by atoms with E-state index in [-0.39, 0.29) is 11.3 Å². The van der Waals surface area contributed by atoms with Gasteiger partial charge in [-0.3, -0.25) is 9.59 Å². The molecule has 0 saturated heterocycles. The molecule has 0 aliphatic heterocycles. The summed E-state index contributed by atoms with van der Waals surface area (Å²) in [4.78, 5) is 24.1. The van der Waals surface area contributed by atoms with Crippen molar-refractivity contribution in [1.82, 2.24) is 0 Å². The van der Waals surface area contributed by atoms with E-state index in [9.17, 15) is 9.59 Å². The molecule has 2 atom stereocenters. The third kappa shape index (κ3) is 2.53. The maximum absolute atomic E-state index is 12.2. The first kappa shape index (κ1) is 11.8. The van der Waals surface area contributed by atoms with Crippen LogP contribution in [0.25, 0.3) is 0 Å². The van der Waals surface area contributed by atoms with Crippen molar-refractivity contribution in [3.05, 3.63) is 0 Å². The van der Waals surface area contributed by atoms with Gasteiger partial charge < -0.3 is 0 Å². The summed E-state index contributed by atoms with van der Waals surface area (Å²) in [7, 11) is 0. The van der Waals surface area contributed by atoms with E-state index in [4.69, 9.17) is 0 Å². The zero-order chi connectivity index (χ0) is 11.8. The van der Waals surface area contributed by atoms with Crippen LogP contribution in [0.2, 0.25) is 0 Å². The van der Waals surface area contributed by atoms with E-state index in [1.54, 1.807) is 0 Å². The molecule has 2 saturated carbocycles. The van der Waals surface area contributed by atoms with Crippen LogP contribution in [-0.4, -0.2) is 11.6 Å². The van der Waals surface area contributed by atoms with Crippen molar-refractivity contribution < 1.29 is 9.59 Å². The van der Waals surface area contributed by atoms with E-state index in [0.717, 1.165) is 12.8 Å². The van der Waals surface area contributed by atoms with E-state index >= 15 is 0 Å². The SMILES string of the molecule is CC1(C)CC(=O)CC2CCCCC2C(=O)C1. The summed E-state index contributed by atoms with van der Waals surface area (Å²) in [5, 5.41) is 0. The topological polar surface area (TPSA) is 34.1 Å². The van der Waals surface area contributed by atoms with Crippen LogP contribution in [0.1, 0.15) is 58.8 Å². The predicted octanol–water partition coefficient (Wildman–Crippen LogP) is 3.14. The highest BCUT2D eigenvalue weighted by Gasteiger charge is 2.38. The molecular weight excluding hydrogens is 200 g/mol. The van der Waals surface area contributed by atoms with Crippen molar-refractivity contribution >= 4 is 11.6 Å². The van der Waals surface area contributed by atoms with Crippen LogP contribution in [-0.2, 0) is 9.59 Å². The van der Waals surface area contributed by atoms with Gasteiger partial charge in [-0.05, 0) is 24.2 Å². The largest absolute Gasteiger partial charge is 0.300 e. The Morgan fingerprint density at radius 1 is 1.06 bits per heavy atom. The third-order valence-corrected chi connectivity index (χ3v) is 4.14. The summed E-state index contributed by atoms with van der Waals surface area (Å²) in [6.07, 6.45) is 6.31. The first-order chi connectivity index (χ1) is 7.48. The Bertz CT molecular complexity index is 304. The molecule has 0 N–H and O–H groups in total. The minimum Gasteiger partial charge on any atom is -0.300 e. The predicted molar refractivity (Wildman–Crippen MR) is 63.1 cm³/mol. The first-order valence-electron chi connectivity index (χ1n) is 6.52. The molecule has 2 aliphatic rings. The molecule has 90 valence electrons. The Morgan fingerprint density at radius 2 is 1.75 bits per heavy atom. The van der Waals surface area contributed by atoms with E-state index < -0.39 is 0 Å². The van der Waals surface area contributed by atoms with Gasteiger partial charge in [0.05, 0.1) is 0 Å². The quantitative estimate of drug-likeness (QED) is 0.631. The molecule has 2 nitrogen and oxygen atoms in total. The lowest BCUT2D eigenvalue weighted by atomic mass is 9.67. The van der Waals surface area contributed by atoms with E-state index in [1.165, 1.54) is 12.8 Å². The summed E-state index contributed by atoms with van der Waals surface area (Å²) in [5.74, 6) is 1.35. The van der Waals surface area contributed by atoms with Gasteiger partial charge >= 0.3 is 0 Å². The molecule has 0 aromatic heterocycles. The van der Waals surface area contributed by atoms with Crippen LogP contribution in [0.5, 0.6) is 0 Å². The Morgan fingerprint density at radius 3 is 2.50 bits per heavy atom. The molecule has 2 rings (SSSR count). The van der Waals surface area contributed by atoms with Gasteiger partial charge in [0.15, 0.2) is 0 Å². The highest BCUT2D eigenvalue weighted by molar-refractivity contribution is 5.87. The number of carbonyl (C=O) groups is 2. The van der Waals surface area contributed by atoms with Crippen LogP contribution in [0.4, 0.5) is 0 Å². The fourth-order valence-corrected chi connectivity index (χ4v) is 3.44. The van der Waals surface area contributed by atoms with Gasteiger partial charge in [-0.15, -0.1) is 0 Å². The highest BCUT2D eigenvalue weighted by Crippen LogP contribution is 2.40. The maximum Gasteiger partial charge on any atom is 0.136 e. The lowest BCUT2D eigenvalue weighted by molar-refractivity contribution is -0.133. The standard InChI is InChI=1S/C14H22O2/c1-14(2)8-11(15)7-10-5-3-4-6-12(10)13(16)9-14/h10,12H,3-9H2,1-2H3. The minimum atomic E-state index is -0.115. The Kier molecular flexibility index (Phi) is 3.18. The molecule has 0 spiro atoms. The summed E-state index contributed by atoms with van der Waals surface area (Å²) in [5.41, 5.74) is -0.115. The summed E-state index contributed by atoms with van der Waals surface area (Å²) in [6.45, 7) is 4.10. The Labute approximate surface area is 97.8 Å². The van der Waals surface area contributed by atoms with Gasteiger partial charge in [-0.1, -0.05) is 26.7 Å². The number of hydrogen-bond acceptors (Lipinski definition) is 2. The van der Waals surface area contributed by atoms with E-state index in [2.05, 4.69) is 0 Å². The van der Waals surface area contributed by atoms with Crippen LogP contribution in [0, 0.1) is 17.3 Å². The van der Waals surface area contributed by atoms with Gasteiger partial charge in [0.2, 0.25) is 0 Å². The molecule has 2 unspecified atom stereocenters. The summed E-state index contributed by atoms with van der Waals surface area (Å²) < 4.78 is 0. The molecule has 0 radical (unpaired) electrons. The zero-order valence-electron chi connectivity index (χ0n) is 10.4. The molecule has 2 heteroatoms. The molecular formula is C14H22O2. The average molecular weight is 222 g/mol. The number of carbonyl (C=O) groups excluding carboxylic acids is 2. The van der Waals surface area contributed by atoms with E-state index in [1.807, 2.05) is 13.8 Å². The number of hydrogen-bond donors (Lipinski definition) is 0. The summed E-state index contributed by atoms with van der Waals surface area (Å²) in [6, 6.07) is 0.